The number of hydrogen-bond donors (Lipinski definition) is 0. The van der Waals surface area contributed by atoms with Crippen LogP contribution in [-0.4, -0.2) is 6.04 Å². The summed E-state index contributed by atoms with van der Waals surface area (Å²) in [5.41, 5.74) is 15.1. The van der Waals surface area contributed by atoms with Gasteiger partial charge < -0.3 is 19.6 Å². The predicted octanol–water partition coefficient (Wildman–Crippen LogP) is 20.5. The summed E-state index contributed by atoms with van der Waals surface area (Å²) < 4.78 is 2.50. The molecule has 13 aromatic rings. The van der Waals surface area contributed by atoms with Crippen LogP contribution in [0.5, 0.6) is 0 Å². The van der Waals surface area contributed by atoms with Gasteiger partial charge in [-0.05, 0) is 154 Å². The van der Waals surface area contributed by atoms with Gasteiger partial charge in [0.05, 0.1) is 22.1 Å². The molecule has 12 aromatic carbocycles. The Labute approximate surface area is 452 Å². The average Bonchev–Trinajstić information content (AvgIpc) is 4.09. The van der Waals surface area contributed by atoms with Crippen LogP contribution >= 0.6 is 11.3 Å². The second-order valence-electron chi connectivity index (χ2n) is 20.0. The van der Waals surface area contributed by atoms with Crippen molar-refractivity contribution < 1.29 is 0 Å². The van der Waals surface area contributed by atoms with Crippen LogP contribution in [0.25, 0.3) is 58.1 Å². The Morgan fingerprint density at radius 2 is 0.909 bits per heavy atom. The Bertz CT molecular complexity index is 4410. The lowest BCUT2D eigenvalue weighted by atomic mass is 9.92. The molecule has 1 aliphatic carbocycles. The summed E-state index contributed by atoms with van der Waals surface area (Å²) in [6.07, 6.45) is 5.78. The van der Waals surface area contributed by atoms with Gasteiger partial charge in [0.2, 0.25) is 0 Å². The zero-order chi connectivity index (χ0) is 50.8. The van der Waals surface area contributed by atoms with Gasteiger partial charge in [0.15, 0.2) is 0 Å². The van der Waals surface area contributed by atoms with E-state index < -0.39 is 0 Å². The van der Waals surface area contributed by atoms with Gasteiger partial charge in [-0.1, -0.05) is 170 Å². The normalized spacial score (nSPS) is 13.9. The van der Waals surface area contributed by atoms with Crippen molar-refractivity contribution in [1.29, 1.82) is 0 Å². The fourth-order valence-corrected chi connectivity index (χ4v) is 13.4. The zero-order valence-corrected chi connectivity index (χ0v) is 42.9. The lowest BCUT2D eigenvalue weighted by Crippen LogP contribution is -2.29. The van der Waals surface area contributed by atoms with Gasteiger partial charge in [0.1, 0.15) is 0 Å². The third kappa shape index (κ3) is 7.65. The molecule has 0 radical (unpaired) electrons. The molecule has 0 amide bonds. The van der Waals surface area contributed by atoms with E-state index in [0.29, 0.717) is 0 Å². The number of benzene rings is 12. The molecule has 4 nitrogen and oxygen atoms in total. The van der Waals surface area contributed by atoms with Gasteiger partial charge in [-0.3, -0.25) is 0 Å². The first-order chi connectivity index (χ1) is 38.2. The molecule has 0 bridgehead atoms. The van der Waals surface area contributed by atoms with Gasteiger partial charge in [-0.2, -0.15) is 0 Å². The maximum atomic E-state index is 2.55. The number of thiophene rings is 1. The van der Waals surface area contributed by atoms with Crippen molar-refractivity contribution in [1.82, 2.24) is 0 Å². The third-order valence-electron chi connectivity index (χ3n) is 15.6. The first-order valence-corrected chi connectivity index (χ1v) is 27.3. The Kier molecular flexibility index (Phi) is 10.8. The first kappa shape index (κ1) is 44.8. The second-order valence-corrected chi connectivity index (χ2v) is 21.1. The lowest BCUT2D eigenvalue weighted by molar-refractivity contribution is 0.820. The Hall–Kier alpha value is -9.68. The largest absolute Gasteiger partial charge is 0.333 e. The predicted molar refractivity (Wildman–Crippen MR) is 329 cm³/mol. The third-order valence-corrected chi connectivity index (χ3v) is 16.8. The van der Waals surface area contributed by atoms with E-state index in [9.17, 15) is 0 Å². The highest BCUT2D eigenvalue weighted by molar-refractivity contribution is 7.26. The van der Waals surface area contributed by atoms with E-state index in [0.717, 1.165) is 57.6 Å². The summed E-state index contributed by atoms with van der Waals surface area (Å²) in [4.78, 5) is 9.88. The molecule has 0 fully saturated rings. The quantitative estimate of drug-likeness (QED) is 0.127. The minimum absolute atomic E-state index is 0.110. The van der Waals surface area contributed by atoms with Crippen molar-refractivity contribution in [2.45, 2.75) is 12.5 Å². The van der Waals surface area contributed by atoms with Crippen molar-refractivity contribution in [3.05, 3.63) is 296 Å². The Morgan fingerprint density at radius 3 is 1.66 bits per heavy atom. The summed E-state index contributed by atoms with van der Waals surface area (Å²) in [7, 11) is 0. The smallest absolute Gasteiger partial charge is 0.0640 e. The summed E-state index contributed by atoms with van der Waals surface area (Å²) in [6.45, 7) is 0. The Morgan fingerprint density at radius 1 is 0.364 bits per heavy atom. The second kappa shape index (κ2) is 18.6. The van der Waals surface area contributed by atoms with E-state index in [1.807, 2.05) is 11.3 Å². The monoisotopic (exact) mass is 1000 g/mol. The molecule has 2 heterocycles. The summed E-state index contributed by atoms with van der Waals surface area (Å²) >= 11 is 1.87. The molecule has 0 spiro atoms. The zero-order valence-electron chi connectivity index (χ0n) is 42.1. The average molecular weight is 1000 g/mol. The molecule has 0 N–H and O–H groups in total. The molecule has 364 valence electrons. The van der Waals surface area contributed by atoms with Crippen LogP contribution in [0.4, 0.5) is 56.9 Å². The van der Waals surface area contributed by atoms with Crippen molar-refractivity contribution in [2.75, 3.05) is 19.6 Å². The van der Waals surface area contributed by atoms with Crippen molar-refractivity contribution in [2.24, 2.45) is 0 Å². The molecule has 1 aromatic heterocycles. The molecule has 77 heavy (non-hydrogen) atoms. The molecule has 5 heteroatoms. The van der Waals surface area contributed by atoms with Crippen LogP contribution in [0.1, 0.15) is 12.0 Å². The fourth-order valence-electron chi connectivity index (χ4n) is 12.2. The van der Waals surface area contributed by atoms with E-state index in [1.165, 1.54) is 75.0 Å². The van der Waals surface area contributed by atoms with E-state index in [1.54, 1.807) is 0 Å². The van der Waals surface area contributed by atoms with Gasteiger partial charge in [-0.15, -0.1) is 11.3 Å². The molecule has 0 saturated heterocycles. The highest BCUT2D eigenvalue weighted by atomic mass is 32.1. The maximum absolute atomic E-state index is 2.55. The minimum Gasteiger partial charge on any atom is -0.333 e. The van der Waals surface area contributed by atoms with Crippen LogP contribution in [0.3, 0.4) is 0 Å². The van der Waals surface area contributed by atoms with Crippen molar-refractivity contribution >= 4 is 126 Å². The molecule has 2 aliphatic rings. The van der Waals surface area contributed by atoms with E-state index in [4.69, 9.17) is 0 Å². The van der Waals surface area contributed by atoms with Crippen LogP contribution in [0.2, 0.25) is 0 Å². The number of hydrogen-bond acceptors (Lipinski definition) is 5. The van der Waals surface area contributed by atoms with Crippen molar-refractivity contribution in [3.8, 4) is 0 Å². The number of rotatable bonds is 10. The topological polar surface area (TPSA) is 13.0 Å². The number of para-hydroxylation sites is 4. The number of allylic oxidation sites excluding steroid dienone is 1. The lowest BCUT2D eigenvalue weighted by Gasteiger charge is -2.33. The molecule has 15 rings (SSSR count). The van der Waals surface area contributed by atoms with Gasteiger partial charge in [0, 0.05) is 77.6 Å². The van der Waals surface area contributed by atoms with E-state index in [2.05, 4.69) is 305 Å². The van der Waals surface area contributed by atoms with Gasteiger partial charge in [-0.25, -0.2) is 0 Å². The number of nitrogens with zero attached hydrogens (tertiary/aromatic N) is 4. The number of fused-ring (bicyclic) bond motifs is 10. The molecular weight excluding hydrogens is 953 g/mol. The molecule has 1 unspecified atom stereocenters. The highest BCUT2D eigenvalue weighted by Gasteiger charge is 2.38. The van der Waals surface area contributed by atoms with E-state index in [-0.39, 0.29) is 6.04 Å². The van der Waals surface area contributed by atoms with Crippen LogP contribution in [0.15, 0.2) is 291 Å². The maximum Gasteiger partial charge on any atom is 0.0640 e. The van der Waals surface area contributed by atoms with Crippen LogP contribution < -0.4 is 19.6 Å². The van der Waals surface area contributed by atoms with E-state index >= 15 is 0 Å². The molecule has 1 aliphatic heterocycles. The molecule has 1 atom stereocenters. The van der Waals surface area contributed by atoms with Crippen LogP contribution in [-0.2, 0) is 0 Å². The van der Waals surface area contributed by atoms with Crippen LogP contribution in [0, 0.1) is 0 Å². The van der Waals surface area contributed by atoms with Crippen molar-refractivity contribution in [3.63, 3.8) is 0 Å². The van der Waals surface area contributed by atoms with Gasteiger partial charge >= 0.3 is 0 Å². The highest BCUT2D eigenvalue weighted by Crippen LogP contribution is 2.53. The first-order valence-electron chi connectivity index (χ1n) is 26.5. The standard InChI is InChI=1S/C72H50N4S/c1-5-22-52(23-6-1)73(53-24-7-2-8-25-53)57-38-42-68-64(46-57)65-47-58(39-43-69(65)76(68)55-28-11-4-12-29-55)75(67-33-17-21-49-19-14-16-31-62(49)67)59-40-44-71-66(48-59)63-32-18-34-70(72(63)77-71)74(54-26-9-3-10-27-54)56-37-41-61-51(45-56)36-35-50-20-13-15-30-60(50)61/h1-42,44-48,69H,43H2. The summed E-state index contributed by atoms with van der Waals surface area (Å²) in [6, 6.07) is 99.9. The molecular formula is C72H50N4S. The molecule has 0 saturated carbocycles. The van der Waals surface area contributed by atoms with Gasteiger partial charge in [0.25, 0.3) is 0 Å². The minimum atomic E-state index is 0.110. The summed E-state index contributed by atoms with van der Waals surface area (Å²) in [5.74, 6) is 0. The SMILES string of the molecule is C1=C2c3cc(N(c4ccccc4)c4ccccc4)ccc3N(c3ccccc3)C2CC=C1N(c1ccc2sc3c(N(c4ccccc4)c4ccc5c(ccc6ccccc65)c4)cccc3c2c1)c1cccc2ccccc12. The fraction of sp³-hybridized carbons (Fsp3) is 0.0278. The number of anilines is 10. The Balaban J connectivity index is 0.892. The summed E-state index contributed by atoms with van der Waals surface area (Å²) in [5, 5.41) is 9.90.